The van der Waals surface area contributed by atoms with Crippen molar-refractivity contribution < 1.29 is 9.53 Å². The van der Waals surface area contributed by atoms with E-state index in [1.807, 2.05) is 18.2 Å². The van der Waals surface area contributed by atoms with E-state index in [4.69, 9.17) is 16.3 Å². The Morgan fingerprint density at radius 1 is 1.56 bits per heavy atom. The molecule has 0 radical (unpaired) electrons. The molecule has 1 fully saturated rings. The topological polar surface area (TPSA) is 53.6 Å². The highest BCUT2D eigenvalue weighted by Gasteiger charge is 2.18. The van der Waals surface area contributed by atoms with E-state index in [1.165, 1.54) is 0 Å². The largest absolute Gasteiger partial charge is 0.495 e. The van der Waals surface area contributed by atoms with Crippen LogP contribution in [-0.2, 0) is 0 Å². The van der Waals surface area contributed by atoms with Crippen molar-refractivity contribution in [3.63, 3.8) is 0 Å². The van der Waals surface area contributed by atoms with Crippen LogP contribution in [0.1, 0.15) is 0 Å². The monoisotopic (exact) mass is 269 g/mol. The van der Waals surface area contributed by atoms with Crippen molar-refractivity contribution in [1.29, 1.82) is 0 Å². The maximum Gasteiger partial charge on any atom is 0.317 e. The fraction of sp³-hybridized carbons (Fsp3) is 0.417. The molecule has 5 nitrogen and oxygen atoms in total. The van der Waals surface area contributed by atoms with Crippen LogP contribution in [0.5, 0.6) is 5.75 Å². The number of hydrogen-bond donors (Lipinski definition) is 2. The van der Waals surface area contributed by atoms with Crippen molar-refractivity contribution in [2.75, 3.05) is 38.6 Å². The summed E-state index contributed by atoms with van der Waals surface area (Å²) in [6.07, 6.45) is 0. The molecule has 1 heterocycles. The number of carbonyl (C=O) groups is 1. The highest BCUT2D eigenvalue weighted by atomic mass is 35.5. The second-order valence-electron chi connectivity index (χ2n) is 4.00. The minimum atomic E-state index is 0.00423. The quantitative estimate of drug-likeness (QED) is 0.857. The Hall–Kier alpha value is -1.62. The van der Waals surface area contributed by atoms with E-state index in [2.05, 4.69) is 10.6 Å². The minimum Gasteiger partial charge on any atom is -0.495 e. The van der Waals surface area contributed by atoms with E-state index in [9.17, 15) is 4.79 Å². The summed E-state index contributed by atoms with van der Waals surface area (Å²) in [6, 6.07) is 5.52. The third kappa shape index (κ3) is 2.98. The number of halogens is 1. The van der Waals surface area contributed by atoms with Crippen LogP contribution in [0.2, 0.25) is 5.02 Å². The number of anilines is 1. The van der Waals surface area contributed by atoms with Crippen molar-refractivity contribution >= 4 is 23.3 Å². The fourth-order valence-corrected chi connectivity index (χ4v) is 2.09. The highest BCUT2D eigenvalue weighted by Crippen LogP contribution is 2.26. The van der Waals surface area contributed by atoms with Crippen molar-refractivity contribution in [3.8, 4) is 5.75 Å². The van der Waals surface area contributed by atoms with Crippen molar-refractivity contribution in [1.82, 2.24) is 10.2 Å². The van der Waals surface area contributed by atoms with Gasteiger partial charge in [-0.1, -0.05) is 11.6 Å². The molecule has 18 heavy (non-hydrogen) atoms. The molecule has 0 aromatic heterocycles. The number of amides is 2. The lowest BCUT2D eigenvalue weighted by Crippen LogP contribution is -2.32. The summed E-state index contributed by atoms with van der Waals surface area (Å²) in [6.45, 7) is 2.86. The Bertz CT molecular complexity index is 439. The predicted octanol–water partition coefficient (Wildman–Crippen LogP) is 1.79. The van der Waals surface area contributed by atoms with Gasteiger partial charge in [-0.05, 0) is 18.2 Å². The molecular weight excluding hydrogens is 254 g/mol. The lowest BCUT2D eigenvalue weighted by Gasteiger charge is -2.15. The molecule has 1 saturated heterocycles. The van der Waals surface area contributed by atoms with Gasteiger partial charge in [-0.25, -0.2) is 4.79 Å². The zero-order chi connectivity index (χ0) is 13.0. The number of carbonyl (C=O) groups excluding carboxylic acids is 1. The first kappa shape index (κ1) is 12.8. The molecule has 1 aromatic rings. The highest BCUT2D eigenvalue weighted by molar-refractivity contribution is 6.32. The molecule has 1 aliphatic rings. The maximum atomic E-state index is 11.3. The molecule has 0 aliphatic carbocycles. The van der Waals surface area contributed by atoms with Crippen LogP contribution in [0.4, 0.5) is 10.5 Å². The van der Waals surface area contributed by atoms with Gasteiger partial charge in [-0.2, -0.15) is 0 Å². The number of benzene rings is 1. The molecule has 2 rings (SSSR count). The summed E-state index contributed by atoms with van der Waals surface area (Å²) in [4.78, 5) is 13.1. The van der Waals surface area contributed by atoms with E-state index in [0.29, 0.717) is 23.9 Å². The Kier molecular flexibility index (Phi) is 4.15. The van der Waals surface area contributed by atoms with Crippen molar-refractivity contribution in [2.24, 2.45) is 0 Å². The SMILES string of the molecule is COc1ccc(NCCN2CCNC2=O)cc1Cl. The van der Waals surface area contributed by atoms with Gasteiger partial charge in [0.2, 0.25) is 0 Å². The summed E-state index contributed by atoms with van der Waals surface area (Å²) >= 11 is 6.02. The number of methoxy groups -OCH3 is 1. The van der Waals surface area contributed by atoms with Crippen LogP contribution >= 0.6 is 11.6 Å². The number of hydrogen-bond acceptors (Lipinski definition) is 3. The summed E-state index contributed by atoms with van der Waals surface area (Å²) in [5.74, 6) is 0.654. The van der Waals surface area contributed by atoms with Gasteiger partial charge in [0, 0.05) is 31.9 Å². The number of urea groups is 1. The van der Waals surface area contributed by atoms with Crippen molar-refractivity contribution in [3.05, 3.63) is 23.2 Å². The van der Waals surface area contributed by atoms with Gasteiger partial charge in [0.1, 0.15) is 5.75 Å². The zero-order valence-electron chi connectivity index (χ0n) is 10.2. The summed E-state index contributed by atoms with van der Waals surface area (Å²) < 4.78 is 5.08. The van der Waals surface area contributed by atoms with Crippen molar-refractivity contribution in [2.45, 2.75) is 0 Å². The molecule has 98 valence electrons. The van der Waals surface area contributed by atoms with Crippen LogP contribution in [0, 0.1) is 0 Å². The van der Waals surface area contributed by atoms with Crippen LogP contribution in [0.3, 0.4) is 0 Å². The summed E-state index contributed by atoms with van der Waals surface area (Å²) in [5, 5.41) is 6.56. The molecule has 0 unspecified atom stereocenters. The number of nitrogens with zero attached hydrogens (tertiary/aromatic N) is 1. The third-order valence-electron chi connectivity index (χ3n) is 2.81. The van der Waals surface area contributed by atoms with Gasteiger partial charge in [0.15, 0.2) is 0 Å². The van der Waals surface area contributed by atoms with E-state index >= 15 is 0 Å². The Morgan fingerprint density at radius 2 is 2.39 bits per heavy atom. The number of rotatable bonds is 5. The first-order chi connectivity index (χ1) is 8.70. The molecule has 0 atom stereocenters. The average Bonchev–Trinajstić information content (AvgIpc) is 2.75. The van der Waals surface area contributed by atoms with Crippen LogP contribution in [-0.4, -0.2) is 44.2 Å². The lowest BCUT2D eigenvalue weighted by molar-refractivity contribution is 0.219. The van der Waals surface area contributed by atoms with Gasteiger partial charge in [-0.15, -0.1) is 0 Å². The van der Waals surface area contributed by atoms with E-state index in [0.717, 1.165) is 18.8 Å². The molecule has 1 aromatic carbocycles. The molecule has 1 aliphatic heterocycles. The van der Waals surface area contributed by atoms with Gasteiger partial charge in [0.05, 0.1) is 12.1 Å². The molecule has 2 N–H and O–H groups in total. The van der Waals surface area contributed by atoms with E-state index in [1.54, 1.807) is 12.0 Å². The van der Waals surface area contributed by atoms with E-state index < -0.39 is 0 Å². The predicted molar refractivity (Wildman–Crippen MR) is 71.5 cm³/mol. The molecule has 2 amide bonds. The van der Waals surface area contributed by atoms with Gasteiger partial charge in [0.25, 0.3) is 0 Å². The van der Waals surface area contributed by atoms with Crippen LogP contribution in [0.15, 0.2) is 18.2 Å². The normalized spacial score (nSPS) is 14.6. The summed E-state index contributed by atoms with van der Waals surface area (Å²) in [5.41, 5.74) is 0.917. The number of ether oxygens (including phenoxy) is 1. The minimum absolute atomic E-state index is 0.00423. The smallest absolute Gasteiger partial charge is 0.317 e. The van der Waals surface area contributed by atoms with Gasteiger partial charge in [-0.3, -0.25) is 0 Å². The maximum absolute atomic E-state index is 11.3. The Morgan fingerprint density at radius 3 is 3.00 bits per heavy atom. The van der Waals surface area contributed by atoms with Crippen LogP contribution in [0.25, 0.3) is 0 Å². The Balaban J connectivity index is 1.83. The lowest BCUT2D eigenvalue weighted by atomic mass is 10.3. The Labute approximate surface area is 111 Å². The third-order valence-corrected chi connectivity index (χ3v) is 3.10. The fourth-order valence-electron chi connectivity index (χ4n) is 1.84. The second kappa shape index (κ2) is 5.82. The molecule has 6 heteroatoms. The molecule has 0 spiro atoms. The summed E-state index contributed by atoms with van der Waals surface area (Å²) in [7, 11) is 1.58. The average molecular weight is 270 g/mol. The molecule has 0 bridgehead atoms. The second-order valence-corrected chi connectivity index (χ2v) is 4.40. The first-order valence-electron chi connectivity index (χ1n) is 5.81. The van der Waals surface area contributed by atoms with Gasteiger partial charge >= 0.3 is 6.03 Å². The standard InChI is InChI=1S/C12H16ClN3O2/c1-18-11-3-2-9(8-10(11)13)14-4-6-16-7-5-15-12(16)17/h2-3,8,14H,4-7H2,1H3,(H,15,17). The van der Waals surface area contributed by atoms with Crippen LogP contribution < -0.4 is 15.4 Å². The zero-order valence-corrected chi connectivity index (χ0v) is 11.0. The van der Waals surface area contributed by atoms with E-state index in [-0.39, 0.29) is 6.03 Å². The van der Waals surface area contributed by atoms with Gasteiger partial charge < -0.3 is 20.3 Å². The molecular formula is C12H16ClN3O2. The first-order valence-corrected chi connectivity index (χ1v) is 6.18. The molecule has 0 saturated carbocycles. The number of nitrogens with one attached hydrogen (secondary N) is 2.